The minimum absolute atomic E-state index is 0.0472. The number of methoxy groups -OCH3 is 1. The van der Waals surface area contributed by atoms with Gasteiger partial charge in [-0.25, -0.2) is 0 Å². The first-order valence-corrected chi connectivity index (χ1v) is 6.03. The smallest absolute Gasteiger partial charge is 0.122 e. The van der Waals surface area contributed by atoms with Crippen LogP contribution in [0.5, 0.6) is 5.75 Å². The summed E-state index contributed by atoms with van der Waals surface area (Å²) in [6.45, 7) is 8.34. The van der Waals surface area contributed by atoms with Gasteiger partial charge in [0.15, 0.2) is 0 Å². The number of rotatable bonds is 4. The normalized spacial score (nSPS) is 12.3. The Morgan fingerprint density at radius 1 is 1.24 bits per heavy atom. The van der Waals surface area contributed by atoms with E-state index in [0.29, 0.717) is 5.92 Å². The SMILES string of the molecule is COc1cc(C)c(C)cc1CC(C#N)C(C)C. The van der Waals surface area contributed by atoms with Crippen LogP contribution < -0.4 is 4.74 Å². The van der Waals surface area contributed by atoms with Crippen molar-refractivity contribution in [3.8, 4) is 11.8 Å². The molecule has 0 N–H and O–H groups in total. The molecule has 0 aliphatic rings. The molecule has 0 amide bonds. The predicted octanol–water partition coefficient (Wildman–Crippen LogP) is 3.65. The first-order valence-electron chi connectivity index (χ1n) is 6.03. The largest absolute Gasteiger partial charge is 0.496 e. The lowest BCUT2D eigenvalue weighted by atomic mass is 9.89. The molecule has 1 rings (SSSR count). The minimum atomic E-state index is 0.0472. The van der Waals surface area contributed by atoms with Crippen molar-refractivity contribution in [1.29, 1.82) is 5.26 Å². The van der Waals surface area contributed by atoms with Crippen molar-refractivity contribution in [3.63, 3.8) is 0 Å². The molecule has 1 aromatic rings. The van der Waals surface area contributed by atoms with Crippen LogP contribution in [0.1, 0.15) is 30.5 Å². The lowest BCUT2D eigenvalue weighted by Crippen LogP contribution is -2.10. The molecule has 0 saturated carbocycles. The molecule has 92 valence electrons. The van der Waals surface area contributed by atoms with Crippen molar-refractivity contribution < 1.29 is 4.74 Å². The van der Waals surface area contributed by atoms with Gasteiger partial charge in [0, 0.05) is 0 Å². The second-order valence-electron chi connectivity index (χ2n) is 4.93. The monoisotopic (exact) mass is 231 g/mol. The summed E-state index contributed by atoms with van der Waals surface area (Å²) in [6.07, 6.45) is 0.762. The quantitative estimate of drug-likeness (QED) is 0.792. The van der Waals surface area contributed by atoms with Crippen molar-refractivity contribution in [3.05, 3.63) is 28.8 Å². The first kappa shape index (κ1) is 13.6. The Balaban J connectivity index is 3.05. The zero-order valence-corrected chi connectivity index (χ0v) is 11.4. The molecule has 0 heterocycles. The Morgan fingerprint density at radius 3 is 2.29 bits per heavy atom. The van der Waals surface area contributed by atoms with E-state index >= 15 is 0 Å². The third-order valence-electron chi connectivity index (χ3n) is 3.31. The van der Waals surface area contributed by atoms with E-state index in [4.69, 9.17) is 10.00 Å². The van der Waals surface area contributed by atoms with Crippen molar-refractivity contribution in [2.45, 2.75) is 34.1 Å². The molecule has 1 unspecified atom stereocenters. The molecule has 2 heteroatoms. The molecule has 2 nitrogen and oxygen atoms in total. The highest BCUT2D eigenvalue weighted by atomic mass is 16.5. The van der Waals surface area contributed by atoms with E-state index in [1.165, 1.54) is 11.1 Å². The number of benzene rings is 1. The Hall–Kier alpha value is -1.49. The van der Waals surface area contributed by atoms with Crippen molar-refractivity contribution in [2.24, 2.45) is 11.8 Å². The molecule has 0 spiro atoms. The standard InChI is InChI=1S/C15H21NO/c1-10(2)14(9-16)8-13-6-11(3)12(4)7-15(13)17-5/h6-7,10,14H,8H2,1-5H3. The Morgan fingerprint density at radius 2 is 1.82 bits per heavy atom. The summed E-state index contributed by atoms with van der Waals surface area (Å²) < 4.78 is 5.40. The van der Waals surface area contributed by atoms with Crippen LogP contribution in [0.15, 0.2) is 12.1 Å². The molecule has 1 atom stereocenters. The number of nitriles is 1. The van der Waals surface area contributed by atoms with Gasteiger partial charge in [0.1, 0.15) is 5.75 Å². The lowest BCUT2D eigenvalue weighted by molar-refractivity contribution is 0.400. The number of hydrogen-bond donors (Lipinski definition) is 0. The van der Waals surface area contributed by atoms with E-state index in [1.807, 2.05) is 0 Å². The summed E-state index contributed by atoms with van der Waals surface area (Å²) in [4.78, 5) is 0. The van der Waals surface area contributed by atoms with Crippen LogP contribution in [0.3, 0.4) is 0 Å². The molecule has 0 bridgehead atoms. The van der Waals surface area contributed by atoms with Gasteiger partial charge in [-0.3, -0.25) is 0 Å². The fourth-order valence-corrected chi connectivity index (χ4v) is 1.87. The Kier molecular flexibility index (Phi) is 4.57. The maximum Gasteiger partial charge on any atom is 0.122 e. The highest BCUT2D eigenvalue weighted by Crippen LogP contribution is 2.27. The van der Waals surface area contributed by atoms with Gasteiger partial charge in [-0.05, 0) is 48.9 Å². The van der Waals surface area contributed by atoms with Gasteiger partial charge in [-0.15, -0.1) is 0 Å². The highest BCUT2D eigenvalue weighted by molar-refractivity contribution is 5.42. The number of aryl methyl sites for hydroxylation is 2. The summed E-state index contributed by atoms with van der Waals surface area (Å²) in [7, 11) is 1.68. The van der Waals surface area contributed by atoms with Crippen LogP contribution >= 0.6 is 0 Å². The number of hydrogen-bond acceptors (Lipinski definition) is 2. The van der Waals surface area contributed by atoms with Gasteiger partial charge in [-0.2, -0.15) is 5.26 Å². The maximum absolute atomic E-state index is 9.15. The van der Waals surface area contributed by atoms with Crippen LogP contribution in [0.4, 0.5) is 0 Å². The van der Waals surface area contributed by atoms with Gasteiger partial charge in [0.05, 0.1) is 19.1 Å². The van der Waals surface area contributed by atoms with Gasteiger partial charge in [0.25, 0.3) is 0 Å². The van der Waals surface area contributed by atoms with Crippen LogP contribution in [0.2, 0.25) is 0 Å². The summed E-state index contributed by atoms with van der Waals surface area (Å²) in [5.74, 6) is 1.31. The zero-order valence-electron chi connectivity index (χ0n) is 11.4. The van der Waals surface area contributed by atoms with Gasteiger partial charge in [0.2, 0.25) is 0 Å². The van der Waals surface area contributed by atoms with Crippen LogP contribution in [-0.4, -0.2) is 7.11 Å². The third-order valence-corrected chi connectivity index (χ3v) is 3.31. The Labute approximate surface area is 104 Å². The molecule has 0 aromatic heterocycles. The minimum Gasteiger partial charge on any atom is -0.496 e. The summed E-state index contributed by atoms with van der Waals surface area (Å²) in [5, 5.41) is 9.15. The van der Waals surface area contributed by atoms with Gasteiger partial charge < -0.3 is 4.74 Å². The fraction of sp³-hybridized carbons (Fsp3) is 0.533. The van der Waals surface area contributed by atoms with Crippen molar-refractivity contribution in [1.82, 2.24) is 0 Å². The molecule has 0 saturated heterocycles. The van der Waals surface area contributed by atoms with E-state index in [2.05, 4.69) is 45.9 Å². The van der Waals surface area contributed by atoms with Gasteiger partial charge >= 0.3 is 0 Å². The number of ether oxygens (including phenoxy) is 1. The second-order valence-corrected chi connectivity index (χ2v) is 4.93. The second kappa shape index (κ2) is 5.72. The van der Waals surface area contributed by atoms with E-state index in [0.717, 1.165) is 17.7 Å². The lowest BCUT2D eigenvalue weighted by Gasteiger charge is -2.16. The third kappa shape index (κ3) is 3.23. The average molecular weight is 231 g/mol. The molecule has 0 radical (unpaired) electrons. The Bertz CT molecular complexity index is 429. The maximum atomic E-state index is 9.15. The van der Waals surface area contributed by atoms with Crippen LogP contribution in [0, 0.1) is 37.0 Å². The van der Waals surface area contributed by atoms with E-state index in [1.54, 1.807) is 7.11 Å². The van der Waals surface area contributed by atoms with Gasteiger partial charge in [-0.1, -0.05) is 19.9 Å². The molecule has 0 aliphatic carbocycles. The summed E-state index contributed by atoms with van der Waals surface area (Å²) in [6, 6.07) is 6.57. The van der Waals surface area contributed by atoms with E-state index < -0.39 is 0 Å². The van der Waals surface area contributed by atoms with E-state index in [9.17, 15) is 0 Å². The first-order chi connectivity index (χ1) is 7.99. The summed E-state index contributed by atoms with van der Waals surface area (Å²) >= 11 is 0. The van der Waals surface area contributed by atoms with Crippen LogP contribution in [-0.2, 0) is 6.42 Å². The molecule has 17 heavy (non-hydrogen) atoms. The fourth-order valence-electron chi connectivity index (χ4n) is 1.87. The molecule has 0 fully saturated rings. The highest BCUT2D eigenvalue weighted by Gasteiger charge is 2.16. The summed E-state index contributed by atoms with van der Waals surface area (Å²) in [5.41, 5.74) is 3.61. The molecular formula is C15H21NO. The van der Waals surface area contributed by atoms with Crippen molar-refractivity contribution >= 4 is 0 Å². The predicted molar refractivity (Wildman–Crippen MR) is 70.1 cm³/mol. The van der Waals surface area contributed by atoms with E-state index in [-0.39, 0.29) is 5.92 Å². The molecule has 1 aromatic carbocycles. The van der Waals surface area contributed by atoms with Crippen molar-refractivity contribution in [2.75, 3.05) is 7.11 Å². The zero-order chi connectivity index (χ0) is 13.0. The van der Waals surface area contributed by atoms with Crippen LogP contribution in [0.25, 0.3) is 0 Å². The topological polar surface area (TPSA) is 33.0 Å². The number of nitrogens with zero attached hydrogens (tertiary/aromatic N) is 1. The average Bonchev–Trinajstić information content (AvgIpc) is 2.29. The molecular weight excluding hydrogens is 210 g/mol. The molecule has 0 aliphatic heterocycles.